The fourth-order valence-corrected chi connectivity index (χ4v) is 2.12. The molecule has 4 heteroatoms. The minimum absolute atomic E-state index is 0.549. The molecule has 0 atom stereocenters. The summed E-state index contributed by atoms with van der Waals surface area (Å²) in [6.07, 6.45) is 0.969. The highest BCUT2D eigenvalue weighted by Crippen LogP contribution is 2.15. The van der Waals surface area contributed by atoms with E-state index in [0.29, 0.717) is 5.11 Å². The third kappa shape index (κ3) is 3.96. The number of thiocarbonyl (C=S) groups is 1. The summed E-state index contributed by atoms with van der Waals surface area (Å²) < 4.78 is 0. The molecule has 0 amide bonds. The SMILES string of the molecule is CCc1ccccc1NC(=S)NNc1cccc(C)c1. The molecule has 0 aliphatic rings. The van der Waals surface area contributed by atoms with Crippen LogP contribution in [-0.4, -0.2) is 5.11 Å². The topological polar surface area (TPSA) is 36.1 Å². The molecule has 0 radical (unpaired) electrons. The molecular formula is C16H19N3S. The lowest BCUT2D eigenvalue weighted by Crippen LogP contribution is -2.33. The Labute approximate surface area is 125 Å². The molecule has 0 fully saturated rings. The van der Waals surface area contributed by atoms with E-state index in [1.807, 2.05) is 30.3 Å². The predicted molar refractivity (Wildman–Crippen MR) is 90.0 cm³/mol. The number of rotatable bonds is 4. The van der Waals surface area contributed by atoms with E-state index >= 15 is 0 Å². The van der Waals surface area contributed by atoms with Gasteiger partial charge in [0.2, 0.25) is 0 Å². The van der Waals surface area contributed by atoms with E-state index in [1.165, 1.54) is 11.1 Å². The molecule has 0 heterocycles. The van der Waals surface area contributed by atoms with Crippen molar-refractivity contribution in [2.24, 2.45) is 0 Å². The maximum absolute atomic E-state index is 5.29. The van der Waals surface area contributed by atoms with Crippen LogP contribution in [0.15, 0.2) is 48.5 Å². The zero-order valence-electron chi connectivity index (χ0n) is 11.7. The number of anilines is 2. The van der Waals surface area contributed by atoms with Crippen LogP contribution < -0.4 is 16.2 Å². The first-order valence-electron chi connectivity index (χ1n) is 6.66. The largest absolute Gasteiger partial charge is 0.331 e. The molecule has 104 valence electrons. The van der Waals surface area contributed by atoms with Crippen molar-refractivity contribution in [1.82, 2.24) is 5.43 Å². The van der Waals surface area contributed by atoms with Crippen LogP contribution in [0.1, 0.15) is 18.1 Å². The number of hydrazine groups is 1. The molecule has 2 rings (SSSR count). The molecule has 3 nitrogen and oxygen atoms in total. The average Bonchev–Trinajstić information content (AvgIpc) is 2.46. The molecule has 2 aromatic carbocycles. The first-order valence-corrected chi connectivity index (χ1v) is 7.07. The molecule has 2 aromatic rings. The molecule has 20 heavy (non-hydrogen) atoms. The van der Waals surface area contributed by atoms with E-state index in [-0.39, 0.29) is 0 Å². The van der Waals surface area contributed by atoms with E-state index in [9.17, 15) is 0 Å². The lowest BCUT2D eigenvalue weighted by molar-refractivity contribution is 1.12. The second kappa shape index (κ2) is 6.91. The summed E-state index contributed by atoms with van der Waals surface area (Å²) in [5, 5.41) is 3.75. The minimum atomic E-state index is 0.549. The van der Waals surface area contributed by atoms with Crippen LogP contribution in [0, 0.1) is 6.92 Å². The summed E-state index contributed by atoms with van der Waals surface area (Å²) in [7, 11) is 0. The number of benzene rings is 2. The quantitative estimate of drug-likeness (QED) is 0.589. The Morgan fingerprint density at radius 1 is 1.10 bits per heavy atom. The summed E-state index contributed by atoms with van der Waals surface area (Å²) in [6, 6.07) is 16.3. The van der Waals surface area contributed by atoms with Gasteiger partial charge in [-0.2, -0.15) is 0 Å². The molecule has 0 aliphatic carbocycles. The Bertz CT molecular complexity index is 596. The molecule has 0 spiro atoms. The zero-order chi connectivity index (χ0) is 14.4. The monoisotopic (exact) mass is 285 g/mol. The second-order valence-electron chi connectivity index (χ2n) is 4.58. The van der Waals surface area contributed by atoms with E-state index < -0.39 is 0 Å². The fourth-order valence-electron chi connectivity index (χ4n) is 1.96. The van der Waals surface area contributed by atoms with Gasteiger partial charge in [-0.15, -0.1) is 0 Å². The Balaban J connectivity index is 1.93. The number of nitrogens with one attached hydrogen (secondary N) is 3. The molecule has 0 unspecified atom stereocenters. The van der Waals surface area contributed by atoms with E-state index in [1.54, 1.807) is 0 Å². The fraction of sp³-hybridized carbons (Fsp3) is 0.188. The summed E-state index contributed by atoms with van der Waals surface area (Å²) in [6.45, 7) is 4.18. The average molecular weight is 285 g/mol. The van der Waals surface area contributed by atoms with E-state index in [0.717, 1.165) is 17.8 Å². The van der Waals surface area contributed by atoms with Crippen molar-refractivity contribution in [3.8, 4) is 0 Å². The first kappa shape index (κ1) is 14.3. The third-order valence-electron chi connectivity index (χ3n) is 2.98. The highest BCUT2D eigenvalue weighted by atomic mass is 32.1. The molecule has 0 aliphatic heterocycles. The van der Waals surface area contributed by atoms with Crippen LogP contribution in [0.5, 0.6) is 0 Å². The normalized spacial score (nSPS) is 9.90. The molecular weight excluding hydrogens is 266 g/mol. The highest BCUT2D eigenvalue weighted by Gasteiger charge is 2.01. The summed E-state index contributed by atoms with van der Waals surface area (Å²) in [4.78, 5) is 0. The smallest absolute Gasteiger partial charge is 0.189 e. The zero-order valence-corrected chi connectivity index (χ0v) is 12.6. The summed E-state index contributed by atoms with van der Waals surface area (Å²) >= 11 is 5.29. The van der Waals surface area contributed by atoms with Crippen LogP contribution in [0.3, 0.4) is 0 Å². The van der Waals surface area contributed by atoms with Crippen LogP contribution in [0.25, 0.3) is 0 Å². The van der Waals surface area contributed by atoms with Crippen molar-refractivity contribution < 1.29 is 0 Å². The predicted octanol–water partition coefficient (Wildman–Crippen LogP) is 3.87. The molecule has 0 aromatic heterocycles. The molecule has 0 saturated carbocycles. The Hall–Kier alpha value is -2.07. The van der Waals surface area contributed by atoms with Crippen molar-refractivity contribution in [3.63, 3.8) is 0 Å². The van der Waals surface area contributed by atoms with Crippen molar-refractivity contribution >= 4 is 28.7 Å². The maximum atomic E-state index is 5.29. The van der Waals surface area contributed by atoms with Gasteiger partial charge in [-0.1, -0.05) is 37.3 Å². The van der Waals surface area contributed by atoms with Crippen molar-refractivity contribution in [1.29, 1.82) is 0 Å². The number of hydrogen-bond acceptors (Lipinski definition) is 2. The van der Waals surface area contributed by atoms with Crippen molar-refractivity contribution in [2.45, 2.75) is 20.3 Å². The van der Waals surface area contributed by atoms with Gasteiger partial charge in [0.1, 0.15) is 0 Å². The summed E-state index contributed by atoms with van der Waals surface area (Å²) in [5.74, 6) is 0. The van der Waals surface area contributed by atoms with Crippen LogP contribution in [0.4, 0.5) is 11.4 Å². The van der Waals surface area contributed by atoms with Gasteiger partial charge in [-0.25, -0.2) is 0 Å². The standard InChI is InChI=1S/C16H19N3S/c1-3-13-8-4-5-10-15(13)17-16(20)19-18-14-9-6-7-12(2)11-14/h4-11,18H,3H2,1-2H3,(H2,17,19,20). The maximum Gasteiger partial charge on any atom is 0.189 e. The van der Waals surface area contributed by atoms with Gasteiger partial charge < -0.3 is 5.32 Å². The number of aryl methyl sites for hydroxylation is 2. The van der Waals surface area contributed by atoms with Gasteiger partial charge in [0.25, 0.3) is 0 Å². The van der Waals surface area contributed by atoms with Crippen LogP contribution >= 0.6 is 12.2 Å². The molecule has 3 N–H and O–H groups in total. The Morgan fingerprint density at radius 2 is 1.90 bits per heavy atom. The molecule has 0 bridgehead atoms. The summed E-state index contributed by atoms with van der Waals surface area (Å²) in [5.41, 5.74) is 10.6. The van der Waals surface area contributed by atoms with Gasteiger partial charge in [-0.3, -0.25) is 10.9 Å². The number of para-hydroxylation sites is 1. The highest BCUT2D eigenvalue weighted by molar-refractivity contribution is 7.80. The lowest BCUT2D eigenvalue weighted by Gasteiger charge is -2.14. The van der Waals surface area contributed by atoms with Gasteiger partial charge in [0, 0.05) is 5.69 Å². The first-order chi connectivity index (χ1) is 9.69. The Kier molecular flexibility index (Phi) is 4.96. The van der Waals surface area contributed by atoms with Gasteiger partial charge in [-0.05, 0) is 54.9 Å². The van der Waals surface area contributed by atoms with Crippen LogP contribution in [0.2, 0.25) is 0 Å². The van der Waals surface area contributed by atoms with Gasteiger partial charge >= 0.3 is 0 Å². The number of hydrogen-bond donors (Lipinski definition) is 3. The van der Waals surface area contributed by atoms with Crippen molar-refractivity contribution in [2.75, 3.05) is 10.7 Å². The lowest BCUT2D eigenvalue weighted by atomic mass is 10.1. The molecule has 0 saturated heterocycles. The third-order valence-corrected chi connectivity index (χ3v) is 3.19. The van der Waals surface area contributed by atoms with Crippen molar-refractivity contribution in [3.05, 3.63) is 59.7 Å². The van der Waals surface area contributed by atoms with E-state index in [4.69, 9.17) is 12.2 Å². The minimum Gasteiger partial charge on any atom is -0.331 e. The van der Waals surface area contributed by atoms with E-state index in [2.05, 4.69) is 48.2 Å². The van der Waals surface area contributed by atoms with Gasteiger partial charge in [0.15, 0.2) is 5.11 Å². The van der Waals surface area contributed by atoms with Gasteiger partial charge in [0.05, 0.1) is 5.69 Å². The Morgan fingerprint density at radius 3 is 2.65 bits per heavy atom. The second-order valence-corrected chi connectivity index (χ2v) is 4.99. The van der Waals surface area contributed by atoms with Crippen LogP contribution in [-0.2, 0) is 6.42 Å².